The fraction of sp³-hybridized carbons (Fsp3) is 0.286. The summed E-state index contributed by atoms with van der Waals surface area (Å²) in [6, 6.07) is 10.0. The number of benzene rings is 1. The van der Waals surface area contributed by atoms with Gasteiger partial charge in [0.05, 0.1) is 18.5 Å². The lowest BCUT2D eigenvalue weighted by Gasteiger charge is -2.31. The van der Waals surface area contributed by atoms with Gasteiger partial charge in [0.15, 0.2) is 0 Å². The molecule has 28 heavy (non-hydrogen) atoms. The molecule has 1 aromatic carbocycles. The molecule has 0 aliphatic carbocycles. The molecular formula is C21H20FN3O3. The average Bonchev–Trinajstić information content (AvgIpc) is 2.73. The van der Waals surface area contributed by atoms with E-state index < -0.39 is 5.97 Å². The van der Waals surface area contributed by atoms with E-state index in [1.807, 2.05) is 18.2 Å². The number of carboxylic acid groups (broad SMARTS) is 1. The Kier molecular flexibility index (Phi) is 4.81. The van der Waals surface area contributed by atoms with E-state index in [9.17, 15) is 14.3 Å². The molecule has 0 bridgehead atoms. The molecule has 3 aromatic rings. The Morgan fingerprint density at radius 3 is 2.75 bits per heavy atom. The zero-order chi connectivity index (χ0) is 19.7. The summed E-state index contributed by atoms with van der Waals surface area (Å²) in [6.07, 6.45) is 2.82. The van der Waals surface area contributed by atoms with Crippen molar-refractivity contribution in [2.24, 2.45) is 5.92 Å². The zero-order valence-corrected chi connectivity index (χ0v) is 15.4. The van der Waals surface area contributed by atoms with E-state index in [2.05, 4.69) is 9.88 Å². The van der Waals surface area contributed by atoms with Crippen LogP contribution in [0.4, 0.5) is 10.2 Å². The summed E-state index contributed by atoms with van der Waals surface area (Å²) >= 11 is 0. The maximum atomic E-state index is 14.0. The minimum Gasteiger partial charge on any atom is -0.496 e. The summed E-state index contributed by atoms with van der Waals surface area (Å²) in [7, 11) is 1.53. The first-order valence-electron chi connectivity index (χ1n) is 9.14. The zero-order valence-electron chi connectivity index (χ0n) is 15.4. The quantitative estimate of drug-likeness (QED) is 0.742. The molecule has 144 valence electrons. The van der Waals surface area contributed by atoms with Crippen LogP contribution in [-0.2, 0) is 4.79 Å². The molecule has 2 aromatic heterocycles. The molecule has 0 amide bonds. The lowest BCUT2D eigenvalue weighted by atomic mass is 9.97. The second-order valence-corrected chi connectivity index (χ2v) is 6.85. The largest absolute Gasteiger partial charge is 0.496 e. The number of anilines is 1. The summed E-state index contributed by atoms with van der Waals surface area (Å²) < 4.78 is 19.4. The Morgan fingerprint density at radius 2 is 2.04 bits per heavy atom. The van der Waals surface area contributed by atoms with Crippen LogP contribution >= 0.6 is 0 Å². The van der Waals surface area contributed by atoms with Crippen LogP contribution in [0.2, 0.25) is 0 Å². The van der Waals surface area contributed by atoms with E-state index in [-0.39, 0.29) is 11.7 Å². The molecule has 1 N–H and O–H groups in total. The van der Waals surface area contributed by atoms with Crippen LogP contribution in [0, 0.1) is 11.7 Å². The number of pyridine rings is 2. The van der Waals surface area contributed by atoms with Crippen molar-refractivity contribution in [2.75, 3.05) is 25.1 Å². The van der Waals surface area contributed by atoms with Crippen LogP contribution in [-0.4, -0.2) is 41.2 Å². The number of hydrogen-bond acceptors (Lipinski definition) is 5. The maximum Gasteiger partial charge on any atom is 0.306 e. The standard InChI is InChI=1S/C21H20FN3O3/c1-28-17-5-4-15(22)12-16(17)20-19-14(3-2-8-23-19)11-18(24-20)25-9-6-13(7-10-25)21(26)27/h2-5,8,11-13H,6-7,9-10H2,1H3,(H,26,27). The van der Waals surface area contributed by atoms with Gasteiger partial charge in [-0.05, 0) is 43.2 Å². The number of aromatic nitrogens is 2. The number of hydrogen-bond donors (Lipinski definition) is 1. The van der Waals surface area contributed by atoms with Crippen molar-refractivity contribution < 1.29 is 19.0 Å². The Hall–Kier alpha value is -3.22. The van der Waals surface area contributed by atoms with E-state index in [1.165, 1.54) is 19.2 Å². The summed E-state index contributed by atoms with van der Waals surface area (Å²) in [6.45, 7) is 1.21. The number of rotatable bonds is 4. The number of methoxy groups -OCH3 is 1. The van der Waals surface area contributed by atoms with Crippen LogP contribution in [0.5, 0.6) is 5.75 Å². The molecule has 0 unspecified atom stereocenters. The van der Waals surface area contributed by atoms with Gasteiger partial charge in [-0.1, -0.05) is 6.07 Å². The second kappa shape index (κ2) is 7.42. The minimum absolute atomic E-state index is 0.318. The number of piperidine rings is 1. The van der Waals surface area contributed by atoms with Crippen molar-refractivity contribution in [1.82, 2.24) is 9.97 Å². The fourth-order valence-corrected chi connectivity index (χ4v) is 3.64. The Balaban J connectivity index is 1.81. The molecule has 1 fully saturated rings. The summed E-state index contributed by atoms with van der Waals surface area (Å²) in [4.78, 5) is 22.5. The van der Waals surface area contributed by atoms with Crippen LogP contribution in [0.15, 0.2) is 42.6 Å². The topological polar surface area (TPSA) is 75.5 Å². The Bertz CT molecular complexity index is 1030. The monoisotopic (exact) mass is 381 g/mol. The van der Waals surface area contributed by atoms with E-state index in [0.717, 1.165) is 11.2 Å². The molecular weight excluding hydrogens is 361 g/mol. The smallest absolute Gasteiger partial charge is 0.306 e. The molecule has 1 saturated heterocycles. The van der Waals surface area contributed by atoms with Gasteiger partial charge in [0.1, 0.15) is 23.1 Å². The highest BCUT2D eigenvalue weighted by Gasteiger charge is 2.26. The third-order valence-electron chi connectivity index (χ3n) is 5.16. The first-order chi connectivity index (χ1) is 13.6. The molecule has 1 aliphatic heterocycles. The number of ether oxygens (including phenoxy) is 1. The highest BCUT2D eigenvalue weighted by atomic mass is 19.1. The van der Waals surface area contributed by atoms with E-state index >= 15 is 0 Å². The average molecular weight is 381 g/mol. The predicted octanol–water partition coefficient (Wildman–Crippen LogP) is 3.75. The first-order valence-corrected chi connectivity index (χ1v) is 9.14. The van der Waals surface area contributed by atoms with Crippen LogP contribution < -0.4 is 9.64 Å². The van der Waals surface area contributed by atoms with Gasteiger partial charge in [0, 0.05) is 30.2 Å². The van der Waals surface area contributed by atoms with Gasteiger partial charge in [-0.25, -0.2) is 9.37 Å². The second-order valence-electron chi connectivity index (χ2n) is 6.85. The maximum absolute atomic E-state index is 14.0. The number of aliphatic carboxylic acids is 1. The SMILES string of the molecule is COc1ccc(F)cc1-c1nc(N2CCC(C(=O)O)CC2)cc2cccnc12. The van der Waals surface area contributed by atoms with Crippen molar-refractivity contribution >= 4 is 22.7 Å². The number of nitrogens with zero attached hydrogens (tertiary/aromatic N) is 3. The number of carbonyl (C=O) groups is 1. The van der Waals surface area contributed by atoms with Crippen molar-refractivity contribution in [3.8, 4) is 17.0 Å². The van der Waals surface area contributed by atoms with E-state index in [0.29, 0.717) is 48.5 Å². The molecule has 0 atom stereocenters. The van der Waals surface area contributed by atoms with Gasteiger partial charge < -0.3 is 14.7 Å². The van der Waals surface area contributed by atoms with Gasteiger partial charge in [-0.2, -0.15) is 0 Å². The number of carboxylic acids is 1. The van der Waals surface area contributed by atoms with Gasteiger partial charge >= 0.3 is 5.97 Å². The molecule has 1 aliphatic rings. The van der Waals surface area contributed by atoms with Crippen molar-refractivity contribution in [1.29, 1.82) is 0 Å². The van der Waals surface area contributed by atoms with Gasteiger partial charge in [-0.15, -0.1) is 0 Å². The van der Waals surface area contributed by atoms with Gasteiger partial charge in [-0.3, -0.25) is 9.78 Å². The summed E-state index contributed by atoms with van der Waals surface area (Å²) in [5.41, 5.74) is 1.74. The third kappa shape index (κ3) is 3.35. The first kappa shape index (κ1) is 18.2. The summed E-state index contributed by atoms with van der Waals surface area (Å²) in [5, 5.41) is 10.1. The fourth-order valence-electron chi connectivity index (χ4n) is 3.64. The van der Waals surface area contributed by atoms with Crippen LogP contribution in [0.25, 0.3) is 22.2 Å². The van der Waals surface area contributed by atoms with Crippen molar-refractivity contribution in [3.63, 3.8) is 0 Å². The molecule has 6 nitrogen and oxygen atoms in total. The highest BCUT2D eigenvalue weighted by Crippen LogP contribution is 2.36. The van der Waals surface area contributed by atoms with Crippen LogP contribution in [0.1, 0.15) is 12.8 Å². The normalized spacial score (nSPS) is 15.0. The predicted molar refractivity (Wildman–Crippen MR) is 104 cm³/mol. The summed E-state index contributed by atoms with van der Waals surface area (Å²) in [5.74, 6) is -0.204. The van der Waals surface area contributed by atoms with Crippen molar-refractivity contribution in [3.05, 3.63) is 48.4 Å². The molecule has 7 heteroatoms. The molecule has 0 spiro atoms. The third-order valence-corrected chi connectivity index (χ3v) is 5.16. The van der Waals surface area contributed by atoms with Crippen molar-refractivity contribution in [2.45, 2.75) is 12.8 Å². The number of fused-ring (bicyclic) bond motifs is 1. The lowest BCUT2D eigenvalue weighted by Crippen LogP contribution is -2.36. The lowest BCUT2D eigenvalue weighted by molar-refractivity contribution is -0.142. The van der Waals surface area contributed by atoms with Gasteiger partial charge in [0.25, 0.3) is 0 Å². The Morgan fingerprint density at radius 1 is 1.25 bits per heavy atom. The number of halogens is 1. The molecule has 4 rings (SSSR count). The Labute approximate surface area is 161 Å². The molecule has 0 radical (unpaired) electrons. The highest BCUT2D eigenvalue weighted by molar-refractivity contribution is 5.94. The molecule has 0 saturated carbocycles. The minimum atomic E-state index is -0.750. The van der Waals surface area contributed by atoms with E-state index in [4.69, 9.17) is 9.72 Å². The van der Waals surface area contributed by atoms with Gasteiger partial charge in [0.2, 0.25) is 0 Å². The van der Waals surface area contributed by atoms with E-state index in [1.54, 1.807) is 12.3 Å². The van der Waals surface area contributed by atoms with Crippen LogP contribution in [0.3, 0.4) is 0 Å². The molecule has 3 heterocycles.